The summed E-state index contributed by atoms with van der Waals surface area (Å²) in [7, 11) is 1.34. The van der Waals surface area contributed by atoms with Gasteiger partial charge in [0.2, 0.25) is 0 Å². The van der Waals surface area contributed by atoms with Gasteiger partial charge in [-0.2, -0.15) is 0 Å². The van der Waals surface area contributed by atoms with Crippen molar-refractivity contribution in [3.05, 3.63) is 0 Å². The Bertz CT molecular complexity index is 597. The first-order chi connectivity index (χ1) is 14.6. The van der Waals surface area contributed by atoms with E-state index in [1.54, 1.807) is 41.5 Å². The zero-order valence-corrected chi connectivity index (χ0v) is 20.8. The standard InChI is InChI=1S/C11H22N2O4.C10H19NO4/c1-6-7-8(9(14)13-16-5)12-10(15)17-11(2,3)4;1-5-6-7(8(12)13)11-9(14)15-10(2,3)4/h8H,6-7H2,1-5H3,(H,12,15)(H,13,14);7H,5-6H2,1-4H3,(H,11,14)(H,12,13)/t8-;7-/m00/s1. The van der Waals surface area contributed by atoms with Crippen molar-refractivity contribution in [2.24, 2.45) is 0 Å². The number of carboxylic acid groups (broad SMARTS) is 1. The molecule has 3 amide bonds. The lowest BCUT2D eigenvalue weighted by atomic mass is 10.1. The fraction of sp³-hybridized carbons (Fsp3) is 0.810. The Hall–Kier alpha value is -2.56. The van der Waals surface area contributed by atoms with E-state index in [0.29, 0.717) is 19.3 Å². The molecule has 188 valence electrons. The number of alkyl carbamates (subject to hydrolysis) is 2. The second kappa shape index (κ2) is 15.3. The van der Waals surface area contributed by atoms with Gasteiger partial charge in [-0.05, 0) is 54.4 Å². The third kappa shape index (κ3) is 18.2. The predicted octanol–water partition coefficient (Wildman–Crippen LogP) is 3.12. The van der Waals surface area contributed by atoms with Gasteiger partial charge in [-0.15, -0.1) is 0 Å². The molecule has 0 aromatic heterocycles. The second-order valence-electron chi connectivity index (χ2n) is 8.98. The third-order valence-corrected chi connectivity index (χ3v) is 3.35. The maximum absolute atomic E-state index is 11.5. The summed E-state index contributed by atoms with van der Waals surface area (Å²) in [4.78, 5) is 49.5. The van der Waals surface area contributed by atoms with E-state index >= 15 is 0 Å². The average molecular weight is 464 g/mol. The van der Waals surface area contributed by atoms with Gasteiger partial charge in [0.05, 0.1) is 7.11 Å². The van der Waals surface area contributed by atoms with Crippen LogP contribution in [0, 0.1) is 0 Å². The van der Waals surface area contributed by atoms with E-state index in [2.05, 4.69) is 21.0 Å². The molecule has 2 atom stereocenters. The van der Waals surface area contributed by atoms with Crippen molar-refractivity contribution in [2.75, 3.05) is 7.11 Å². The van der Waals surface area contributed by atoms with Crippen molar-refractivity contribution >= 4 is 24.1 Å². The monoisotopic (exact) mass is 463 g/mol. The Labute approximate surface area is 190 Å². The van der Waals surface area contributed by atoms with Gasteiger partial charge in [0.1, 0.15) is 23.3 Å². The molecule has 0 heterocycles. The summed E-state index contributed by atoms with van der Waals surface area (Å²) < 4.78 is 10.0. The summed E-state index contributed by atoms with van der Waals surface area (Å²) in [6, 6.07) is -1.51. The fourth-order valence-corrected chi connectivity index (χ4v) is 2.17. The molecule has 0 bridgehead atoms. The molecule has 4 N–H and O–H groups in total. The van der Waals surface area contributed by atoms with Crippen LogP contribution in [-0.4, -0.2) is 59.6 Å². The van der Waals surface area contributed by atoms with Gasteiger partial charge in [-0.25, -0.2) is 19.9 Å². The molecule has 0 saturated carbocycles. The quantitative estimate of drug-likeness (QED) is 0.381. The lowest BCUT2D eigenvalue weighted by Gasteiger charge is -2.22. The highest BCUT2D eigenvalue weighted by Crippen LogP contribution is 2.08. The number of ether oxygens (including phenoxy) is 2. The van der Waals surface area contributed by atoms with E-state index in [9.17, 15) is 19.2 Å². The van der Waals surface area contributed by atoms with Crippen LogP contribution in [0.1, 0.15) is 81.1 Å². The lowest BCUT2D eigenvalue weighted by molar-refractivity contribution is -0.139. The molecule has 11 heteroatoms. The summed E-state index contributed by atoms with van der Waals surface area (Å²) in [5, 5.41) is 13.6. The van der Waals surface area contributed by atoms with Crippen LogP contribution in [0.3, 0.4) is 0 Å². The molecule has 0 spiro atoms. The Balaban J connectivity index is 0. The topological polar surface area (TPSA) is 152 Å². The van der Waals surface area contributed by atoms with Crippen LogP contribution >= 0.6 is 0 Å². The molecule has 0 aliphatic carbocycles. The first-order valence-electron chi connectivity index (χ1n) is 10.6. The minimum Gasteiger partial charge on any atom is -0.480 e. The molecule has 0 fully saturated rings. The summed E-state index contributed by atoms with van der Waals surface area (Å²) >= 11 is 0. The number of aliphatic carboxylic acids is 1. The maximum Gasteiger partial charge on any atom is 0.408 e. The second-order valence-corrected chi connectivity index (χ2v) is 8.98. The molecule has 0 aliphatic rings. The van der Waals surface area contributed by atoms with E-state index in [1.165, 1.54) is 7.11 Å². The molecule has 0 aromatic rings. The van der Waals surface area contributed by atoms with Crippen molar-refractivity contribution < 1.29 is 38.6 Å². The lowest BCUT2D eigenvalue weighted by Crippen LogP contribution is -2.47. The van der Waals surface area contributed by atoms with Gasteiger partial charge in [0, 0.05) is 0 Å². The highest BCUT2D eigenvalue weighted by molar-refractivity contribution is 5.84. The predicted molar refractivity (Wildman–Crippen MR) is 119 cm³/mol. The molecule has 32 heavy (non-hydrogen) atoms. The number of nitrogens with one attached hydrogen (secondary N) is 3. The van der Waals surface area contributed by atoms with Crippen LogP contribution in [0.5, 0.6) is 0 Å². The first kappa shape index (κ1) is 31.6. The van der Waals surface area contributed by atoms with E-state index < -0.39 is 41.4 Å². The van der Waals surface area contributed by atoms with Crippen molar-refractivity contribution in [3.63, 3.8) is 0 Å². The minimum atomic E-state index is -1.04. The number of amides is 3. The Morgan fingerprint density at radius 2 is 1.16 bits per heavy atom. The number of carboxylic acids is 1. The normalized spacial score (nSPS) is 12.9. The van der Waals surface area contributed by atoms with Gasteiger partial charge in [0.25, 0.3) is 5.91 Å². The number of hydrogen-bond acceptors (Lipinski definition) is 7. The van der Waals surface area contributed by atoms with Gasteiger partial charge >= 0.3 is 18.2 Å². The molecule has 0 rings (SSSR count). The Morgan fingerprint density at radius 3 is 1.47 bits per heavy atom. The average Bonchev–Trinajstić information content (AvgIpc) is 2.58. The largest absolute Gasteiger partial charge is 0.480 e. The van der Waals surface area contributed by atoms with E-state index in [1.807, 2.05) is 13.8 Å². The van der Waals surface area contributed by atoms with Crippen molar-refractivity contribution in [2.45, 2.75) is 104 Å². The Morgan fingerprint density at radius 1 is 0.781 bits per heavy atom. The molecule has 0 radical (unpaired) electrons. The number of hydrogen-bond donors (Lipinski definition) is 4. The first-order valence-corrected chi connectivity index (χ1v) is 10.6. The summed E-state index contributed by atoms with van der Waals surface area (Å²) in [6.45, 7) is 14.2. The molecule has 0 unspecified atom stereocenters. The maximum atomic E-state index is 11.5. The molecule has 0 aliphatic heterocycles. The van der Waals surface area contributed by atoms with Crippen LogP contribution in [0.25, 0.3) is 0 Å². The van der Waals surface area contributed by atoms with E-state index in [4.69, 9.17) is 14.6 Å². The van der Waals surface area contributed by atoms with Crippen LogP contribution in [0.4, 0.5) is 9.59 Å². The summed E-state index contributed by atoms with van der Waals surface area (Å²) in [6.07, 6.45) is 1.07. The van der Waals surface area contributed by atoms with Crippen LogP contribution in [-0.2, 0) is 23.9 Å². The zero-order chi connectivity index (χ0) is 25.5. The van der Waals surface area contributed by atoms with E-state index in [0.717, 1.165) is 6.42 Å². The zero-order valence-electron chi connectivity index (χ0n) is 20.8. The highest BCUT2D eigenvalue weighted by Gasteiger charge is 2.24. The Kier molecular flexibility index (Phi) is 15.1. The van der Waals surface area contributed by atoms with E-state index in [-0.39, 0.29) is 5.91 Å². The summed E-state index contributed by atoms with van der Waals surface area (Å²) in [5.74, 6) is -1.43. The van der Waals surface area contributed by atoms with Gasteiger partial charge in [-0.1, -0.05) is 26.7 Å². The molecular formula is C21H41N3O8. The molecular weight excluding hydrogens is 422 g/mol. The molecule has 11 nitrogen and oxygen atoms in total. The van der Waals surface area contributed by atoms with Crippen LogP contribution in [0.15, 0.2) is 0 Å². The van der Waals surface area contributed by atoms with Gasteiger partial charge in [-0.3, -0.25) is 9.63 Å². The number of hydroxylamine groups is 1. The molecule has 0 saturated heterocycles. The minimum absolute atomic E-state index is 0.389. The van der Waals surface area contributed by atoms with Crippen molar-refractivity contribution in [1.82, 2.24) is 16.1 Å². The van der Waals surface area contributed by atoms with Gasteiger partial charge < -0.3 is 25.2 Å². The van der Waals surface area contributed by atoms with Gasteiger partial charge in [0.15, 0.2) is 0 Å². The third-order valence-electron chi connectivity index (χ3n) is 3.35. The SMILES string of the molecule is CCC[C@H](NC(=O)OC(C)(C)C)C(=O)NOC.CCC[C@H](NC(=O)OC(C)(C)C)C(=O)O. The summed E-state index contributed by atoms with van der Waals surface area (Å²) in [5.41, 5.74) is 0.993. The number of carbonyl (C=O) groups excluding carboxylic acids is 3. The fourth-order valence-electron chi connectivity index (χ4n) is 2.17. The van der Waals surface area contributed by atoms with Crippen molar-refractivity contribution in [3.8, 4) is 0 Å². The number of carbonyl (C=O) groups is 4. The van der Waals surface area contributed by atoms with Crippen molar-refractivity contribution in [1.29, 1.82) is 0 Å². The number of rotatable bonds is 9. The molecule has 0 aromatic carbocycles. The van der Waals surface area contributed by atoms with Crippen LogP contribution < -0.4 is 16.1 Å². The smallest absolute Gasteiger partial charge is 0.408 e. The van der Waals surface area contributed by atoms with Crippen LogP contribution in [0.2, 0.25) is 0 Å². The highest BCUT2D eigenvalue weighted by atomic mass is 16.6.